The number of rotatable bonds is 18. The quantitative estimate of drug-likeness (QED) is 0.224. The molecule has 0 saturated heterocycles. The second-order valence-corrected chi connectivity index (χ2v) is 9.44. The highest BCUT2D eigenvalue weighted by Gasteiger charge is 2.23. The Morgan fingerprint density at radius 3 is 1.28 bits per heavy atom. The first-order chi connectivity index (χ1) is 17.4. The van der Waals surface area contributed by atoms with Crippen LogP contribution in [0.1, 0.15) is 77.3 Å². The molecule has 0 fully saturated rings. The van der Waals surface area contributed by atoms with Crippen LogP contribution in [0.4, 0.5) is 0 Å². The minimum absolute atomic E-state index is 0.173. The second kappa shape index (κ2) is 16.4. The summed E-state index contributed by atoms with van der Waals surface area (Å²) in [4.78, 5) is 18.0. The lowest BCUT2D eigenvalue weighted by Crippen LogP contribution is -2.25. The third kappa shape index (κ3) is 9.59. The van der Waals surface area contributed by atoms with Crippen molar-refractivity contribution in [2.75, 3.05) is 52.5 Å². The summed E-state index contributed by atoms with van der Waals surface area (Å²) >= 11 is 0. The Balaban J connectivity index is 1.82. The van der Waals surface area contributed by atoms with Crippen molar-refractivity contribution in [3.8, 4) is 11.5 Å². The van der Waals surface area contributed by atoms with Crippen LogP contribution in [0.25, 0.3) is 0 Å². The summed E-state index contributed by atoms with van der Waals surface area (Å²) in [5.41, 5.74) is 2.05. The fourth-order valence-electron chi connectivity index (χ4n) is 4.45. The molecule has 2 unspecified atom stereocenters. The van der Waals surface area contributed by atoms with E-state index in [9.17, 15) is 4.79 Å². The van der Waals surface area contributed by atoms with Crippen LogP contribution in [-0.4, -0.2) is 68.1 Å². The molecule has 2 aromatic rings. The predicted octanol–water partition coefficient (Wildman–Crippen LogP) is 6.38. The first-order valence-corrected chi connectivity index (χ1v) is 13.9. The number of hydrogen-bond acceptors (Lipinski definition) is 5. The van der Waals surface area contributed by atoms with E-state index in [-0.39, 0.29) is 17.6 Å². The number of carbonyl (C=O) groups excluding carboxylic acids is 1. The van der Waals surface area contributed by atoms with Gasteiger partial charge >= 0.3 is 0 Å². The minimum atomic E-state index is -0.173. The first-order valence-electron chi connectivity index (χ1n) is 13.9. The molecular weight excluding hydrogens is 448 g/mol. The van der Waals surface area contributed by atoms with Crippen LogP contribution in [0.3, 0.4) is 0 Å². The maximum absolute atomic E-state index is 13.2. The van der Waals surface area contributed by atoms with Crippen molar-refractivity contribution in [1.82, 2.24) is 9.80 Å². The van der Waals surface area contributed by atoms with Crippen molar-refractivity contribution < 1.29 is 14.3 Å². The maximum Gasteiger partial charge on any atom is 0.147 e. The van der Waals surface area contributed by atoms with Gasteiger partial charge in [0.2, 0.25) is 0 Å². The van der Waals surface area contributed by atoms with Gasteiger partial charge in [0.1, 0.15) is 17.3 Å². The SMILES string of the molecule is CCN(CC)CCCOc1ccc(C(C)C(=O)C(C)c2ccc(OCCCN(CC)CC)cc2)cc1. The van der Waals surface area contributed by atoms with Crippen molar-refractivity contribution in [2.24, 2.45) is 0 Å². The van der Waals surface area contributed by atoms with Crippen molar-refractivity contribution in [3.05, 3.63) is 59.7 Å². The van der Waals surface area contributed by atoms with Gasteiger partial charge in [0.15, 0.2) is 0 Å². The van der Waals surface area contributed by atoms with Crippen LogP contribution in [-0.2, 0) is 4.79 Å². The van der Waals surface area contributed by atoms with Gasteiger partial charge in [0.05, 0.1) is 13.2 Å². The molecule has 2 rings (SSSR count). The van der Waals surface area contributed by atoms with Gasteiger partial charge in [0, 0.05) is 24.9 Å². The average Bonchev–Trinajstić information content (AvgIpc) is 2.92. The summed E-state index contributed by atoms with van der Waals surface area (Å²) in [6.07, 6.45) is 2.02. The van der Waals surface area contributed by atoms with Crippen LogP contribution in [0.5, 0.6) is 11.5 Å². The molecule has 0 spiro atoms. The molecule has 0 aliphatic heterocycles. The van der Waals surface area contributed by atoms with Gasteiger partial charge in [-0.2, -0.15) is 0 Å². The van der Waals surface area contributed by atoms with Crippen LogP contribution in [0, 0.1) is 0 Å². The Bertz CT molecular complexity index is 787. The molecule has 36 heavy (non-hydrogen) atoms. The van der Waals surface area contributed by atoms with Gasteiger partial charge in [-0.15, -0.1) is 0 Å². The number of ether oxygens (including phenoxy) is 2. The largest absolute Gasteiger partial charge is 0.494 e. The Labute approximate surface area is 219 Å². The van der Waals surface area contributed by atoms with Crippen molar-refractivity contribution in [3.63, 3.8) is 0 Å². The topological polar surface area (TPSA) is 42.0 Å². The molecule has 0 bridgehead atoms. The van der Waals surface area contributed by atoms with E-state index in [0.29, 0.717) is 13.2 Å². The molecule has 2 atom stereocenters. The lowest BCUT2D eigenvalue weighted by atomic mass is 9.86. The molecule has 5 nitrogen and oxygen atoms in total. The van der Waals surface area contributed by atoms with Gasteiger partial charge in [-0.1, -0.05) is 65.8 Å². The van der Waals surface area contributed by atoms with Crippen molar-refractivity contribution >= 4 is 5.78 Å². The summed E-state index contributed by atoms with van der Waals surface area (Å²) in [6, 6.07) is 16.0. The monoisotopic (exact) mass is 496 g/mol. The normalized spacial score (nSPS) is 13.1. The van der Waals surface area contributed by atoms with E-state index in [1.807, 2.05) is 62.4 Å². The molecule has 0 amide bonds. The summed E-state index contributed by atoms with van der Waals surface area (Å²) in [7, 11) is 0. The van der Waals surface area contributed by atoms with Gasteiger partial charge in [-0.05, 0) is 74.4 Å². The molecule has 2 aromatic carbocycles. The molecule has 0 heterocycles. The predicted molar refractivity (Wildman–Crippen MR) is 151 cm³/mol. The van der Waals surface area contributed by atoms with E-state index in [1.54, 1.807) is 0 Å². The van der Waals surface area contributed by atoms with E-state index in [0.717, 1.165) is 74.7 Å². The zero-order valence-electron chi connectivity index (χ0n) is 23.5. The Hall–Kier alpha value is -2.37. The maximum atomic E-state index is 13.2. The van der Waals surface area contributed by atoms with Gasteiger partial charge in [0.25, 0.3) is 0 Å². The number of ketones is 1. The number of nitrogens with zero attached hydrogens (tertiary/aromatic N) is 2. The van der Waals surface area contributed by atoms with Crippen LogP contribution in [0.2, 0.25) is 0 Å². The summed E-state index contributed by atoms with van der Waals surface area (Å²) in [5.74, 6) is 1.59. The van der Waals surface area contributed by atoms with Crippen molar-refractivity contribution in [2.45, 2.75) is 66.2 Å². The summed E-state index contributed by atoms with van der Waals surface area (Å²) < 4.78 is 11.8. The smallest absolute Gasteiger partial charge is 0.147 e. The standard InChI is InChI=1S/C31H48N2O3/c1-7-32(8-2)21-11-23-35-29-17-13-27(14-18-29)25(5)31(34)26(6)28-15-19-30(20-16-28)36-24-12-22-33(9-3)10-4/h13-20,25-26H,7-12,21-24H2,1-6H3. The van der Waals surface area contributed by atoms with E-state index in [1.165, 1.54) is 0 Å². The highest BCUT2D eigenvalue weighted by atomic mass is 16.5. The molecule has 0 radical (unpaired) electrons. The van der Waals surface area contributed by atoms with Crippen LogP contribution < -0.4 is 9.47 Å². The Kier molecular flexibility index (Phi) is 13.6. The molecule has 0 aliphatic rings. The number of carbonyl (C=O) groups is 1. The molecule has 0 N–H and O–H groups in total. The zero-order chi connectivity index (χ0) is 26.3. The zero-order valence-corrected chi connectivity index (χ0v) is 23.5. The fourth-order valence-corrected chi connectivity index (χ4v) is 4.45. The molecule has 5 heteroatoms. The van der Waals surface area contributed by atoms with Crippen molar-refractivity contribution in [1.29, 1.82) is 0 Å². The van der Waals surface area contributed by atoms with E-state index in [4.69, 9.17) is 9.47 Å². The Morgan fingerprint density at radius 1 is 0.639 bits per heavy atom. The Morgan fingerprint density at radius 2 is 0.972 bits per heavy atom. The molecular formula is C31H48N2O3. The number of hydrogen-bond donors (Lipinski definition) is 0. The molecule has 0 aliphatic carbocycles. The van der Waals surface area contributed by atoms with Crippen LogP contribution >= 0.6 is 0 Å². The molecule has 200 valence electrons. The molecule has 0 aromatic heterocycles. The lowest BCUT2D eigenvalue weighted by molar-refractivity contribution is -0.121. The van der Waals surface area contributed by atoms with Gasteiger partial charge in [-0.25, -0.2) is 0 Å². The van der Waals surface area contributed by atoms with Gasteiger partial charge < -0.3 is 19.3 Å². The number of Topliss-reactive ketones (excluding diaryl/α,β-unsaturated/α-hetero) is 1. The second-order valence-electron chi connectivity index (χ2n) is 9.44. The minimum Gasteiger partial charge on any atom is -0.494 e. The van der Waals surface area contributed by atoms with Gasteiger partial charge in [-0.3, -0.25) is 4.79 Å². The fraction of sp³-hybridized carbons (Fsp3) is 0.581. The highest BCUT2D eigenvalue weighted by molar-refractivity contribution is 5.91. The van der Waals surface area contributed by atoms with E-state index in [2.05, 4.69) is 37.5 Å². The number of benzene rings is 2. The average molecular weight is 497 g/mol. The first kappa shape index (κ1) is 29.9. The third-order valence-corrected chi connectivity index (χ3v) is 7.18. The summed E-state index contributed by atoms with van der Waals surface area (Å²) in [5, 5.41) is 0. The third-order valence-electron chi connectivity index (χ3n) is 7.18. The molecule has 0 saturated carbocycles. The highest BCUT2D eigenvalue weighted by Crippen LogP contribution is 2.28. The summed E-state index contributed by atoms with van der Waals surface area (Å²) in [6.45, 7) is 20.5. The van der Waals surface area contributed by atoms with E-state index < -0.39 is 0 Å². The van der Waals surface area contributed by atoms with E-state index >= 15 is 0 Å². The lowest BCUT2D eigenvalue weighted by Gasteiger charge is -2.19. The van der Waals surface area contributed by atoms with Crippen LogP contribution in [0.15, 0.2) is 48.5 Å².